The molecule has 116 valence electrons. The van der Waals surface area contributed by atoms with Crippen molar-refractivity contribution < 1.29 is 4.74 Å². The van der Waals surface area contributed by atoms with E-state index in [1.54, 1.807) is 0 Å². The minimum Gasteiger partial charge on any atom is -0.372 e. The van der Waals surface area contributed by atoms with Crippen LogP contribution >= 0.6 is 0 Å². The molecule has 0 aliphatic carbocycles. The van der Waals surface area contributed by atoms with E-state index in [1.807, 2.05) is 0 Å². The van der Waals surface area contributed by atoms with Gasteiger partial charge in [-0.2, -0.15) is 0 Å². The van der Waals surface area contributed by atoms with Gasteiger partial charge in [0, 0.05) is 6.54 Å². The van der Waals surface area contributed by atoms with Crippen LogP contribution in [-0.4, -0.2) is 19.2 Å². The van der Waals surface area contributed by atoms with Gasteiger partial charge in [0.2, 0.25) is 0 Å². The SMILES string of the molecule is Cc1cccc(COC2CNCC(Cc3ccccc3)C2)c1. The molecule has 0 saturated carbocycles. The molecule has 0 spiro atoms. The molecule has 2 nitrogen and oxygen atoms in total. The van der Waals surface area contributed by atoms with Crippen LogP contribution in [0.2, 0.25) is 0 Å². The summed E-state index contributed by atoms with van der Waals surface area (Å²) in [6.07, 6.45) is 2.61. The minimum atomic E-state index is 0.322. The van der Waals surface area contributed by atoms with Gasteiger partial charge < -0.3 is 10.1 Å². The van der Waals surface area contributed by atoms with Gasteiger partial charge in [0.25, 0.3) is 0 Å². The van der Waals surface area contributed by atoms with Crippen LogP contribution in [0.4, 0.5) is 0 Å². The maximum absolute atomic E-state index is 6.13. The summed E-state index contributed by atoms with van der Waals surface area (Å²) in [7, 11) is 0. The summed E-state index contributed by atoms with van der Waals surface area (Å²) in [5.41, 5.74) is 3.99. The van der Waals surface area contributed by atoms with E-state index in [9.17, 15) is 0 Å². The summed E-state index contributed by atoms with van der Waals surface area (Å²) in [6.45, 7) is 4.91. The summed E-state index contributed by atoms with van der Waals surface area (Å²) >= 11 is 0. The molecule has 0 amide bonds. The molecule has 1 aliphatic rings. The van der Waals surface area contributed by atoms with Crippen molar-refractivity contribution in [3.8, 4) is 0 Å². The lowest BCUT2D eigenvalue weighted by Crippen LogP contribution is -2.41. The first-order valence-electron chi connectivity index (χ1n) is 8.21. The zero-order valence-corrected chi connectivity index (χ0v) is 13.3. The fourth-order valence-electron chi connectivity index (χ4n) is 3.23. The van der Waals surface area contributed by atoms with E-state index in [2.05, 4.69) is 66.8 Å². The van der Waals surface area contributed by atoms with Crippen molar-refractivity contribution in [1.82, 2.24) is 5.32 Å². The fourth-order valence-corrected chi connectivity index (χ4v) is 3.23. The Labute approximate surface area is 133 Å². The molecule has 1 saturated heterocycles. The number of ether oxygens (including phenoxy) is 1. The highest BCUT2D eigenvalue weighted by Gasteiger charge is 2.22. The maximum Gasteiger partial charge on any atom is 0.0721 e. The van der Waals surface area contributed by atoms with Crippen LogP contribution in [0.3, 0.4) is 0 Å². The molecule has 0 aromatic heterocycles. The first kappa shape index (κ1) is 15.3. The molecular weight excluding hydrogens is 270 g/mol. The number of hydrogen-bond donors (Lipinski definition) is 1. The zero-order chi connectivity index (χ0) is 15.2. The quantitative estimate of drug-likeness (QED) is 0.907. The molecule has 2 atom stereocenters. The molecule has 1 fully saturated rings. The standard InChI is InChI=1S/C20H25NO/c1-16-6-5-9-18(10-16)15-22-20-12-19(13-21-14-20)11-17-7-3-2-4-8-17/h2-10,19-21H,11-15H2,1H3. The highest BCUT2D eigenvalue weighted by atomic mass is 16.5. The third kappa shape index (κ3) is 4.43. The van der Waals surface area contributed by atoms with Crippen LogP contribution in [0, 0.1) is 12.8 Å². The Morgan fingerprint density at radius 2 is 1.82 bits per heavy atom. The molecule has 0 bridgehead atoms. The Morgan fingerprint density at radius 3 is 2.64 bits per heavy atom. The third-order valence-corrected chi connectivity index (χ3v) is 4.34. The van der Waals surface area contributed by atoms with Gasteiger partial charge in [-0.25, -0.2) is 0 Å². The number of nitrogens with one attached hydrogen (secondary N) is 1. The lowest BCUT2D eigenvalue weighted by atomic mass is 9.91. The smallest absolute Gasteiger partial charge is 0.0721 e. The number of benzene rings is 2. The largest absolute Gasteiger partial charge is 0.372 e. The van der Waals surface area contributed by atoms with Crippen molar-refractivity contribution in [3.05, 3.63) is 71.3 Å². The Balaban J connectivity index is 1.50. The predicted molar refractivity (Wildman–Crippen MR) is 90.9 cm³/mol. The van der Waals surface area contributed by atoms with Crippen molar-refractivity contribution in [2.24, 2.45) is 5.92 Å². The van der Waals surface area contributed by atoms with Crippen LogP contribution in [0.5, 0.6) is 0 Å². The molecule has 0 radical (unpaired) electrons. The summed E-state index contributed by atoms with van der Waals surface area (Å²) in [4.78, 5) is 0. The maximum atomic E-state index is 6.13. The van der Waals surface area contributed by atoms with E-state index < -0.39 is 0 Å². The van der Waals surface area contributed by atoms with Crippen molar-refractivity contribution >= 4 is 0 Å². The van der Waals surface area contributed by atoms with E-state index in [0.29, 0.717) is 18.6 Å². The van der Waals surface area contributed by atoms with Gasteiger partial charge in [0.1, 0.15) is 0 Å². The van der Waals surface area contributed by atoms with Gasteiger partial charge in [-0.15, -0.1) is 0 Å². The Morgan fingerprint density at radius 1 is 1.00 bits per heavy atom. The molecule has 2 aromatic rings. The Hall–Kier alpha value is -1.64. The predicted octanol–water partition coefficient (Wildman–Crippen LogP) is 3.73. The van der Waals surface area contributed by atoms with E-state index >= 15 is 0 Å². The molecule has 1 heterocycles. The second-order valence-electron chi connectivity index (χ2n) is 6.37. The monoisotopic (exact) mass is 295 g/mol. The first-order chi connectivity index (χ1) is 10.8. The molecule has 2 unspecified atom stereocenters. The number of hydrogen-bond acceptors (Lipinski definition) is 2. The second kappa shape index (κ2) is 7.57. The van der Waals surface area contributed by atoms with Crippen LogP contribution in [0.1, 0.15) is 23.1 Å². The van der Waals surface area contributed by atoms with Crippen molar-refractivity contribution in [2.75, 3.05) is 13.1 Å². The third-order valence-electron chi connectivity index (χ3n) is 4.34. The molecule has 22 heavy (non-hydrogen) atoms. The van der Waals surface area contributed by atoms with E-state index in [1.165, 1.54) is 16.7 Å². The summed E-state index contributed by atoms with van der Waals surface area (Å²) in [6, 6.07) is 19.3. The van der Waals surface area contributed by atoms with E-state index in [0.717, 1.165) is 25.9 Å². The molecule has 2 aromatic carbocycles. The normalized spacial score (nSPS) is 21.7. The number of rotatable bonds is 5. The summed E-state index contributed by atoms with van der Waals surface area (Å²) in [5.74, 6) is 0.665. The van der Waals surface area contributed by atoms with Gasteiger partial charge in [-0.1, -0.05) is 60.2 Å². The van der Waals surface area contributed by atoms with Crippen molar-refractivity contribution in [2.45, 2.75) is 32.5 Å². The van der Waals surface area contributed by atoms with Crippen LogP contribution in [-0.2, 0) is 17.8 Å². The van der Waals surface area contributed by atoms with Crippen LogP contribution in [0.15, 0.2) is 54.6 Å². The van der Waals surface area contributed by atoms with Crippen LogP contribution < -0.4 is 5.32 Å². The van der Waals surface area contributed by atoms with Gasteiger partial charge >= 0.3 is 0 Å². The van der Waals surface area contributed by atoms with Gasteiger partial charge in [-0.3, -0.25) is 0 Å². The molecule has 1 aliphatic heterocycles. The summed E-state index contributed by atoms with van der Waals surface area (Å²) < 4.78 is 6.13. The Kier molecular flexibility index (Phi) is 5.25. The molecule has 2 heteroatoms. The lowest BCUT2D eigenvalue weighted by molar-refractivity contribution is 0.0114. The highest BCUT2D eigenvalue weighted by Crippen LogP contribution is 2.19. The van der Waals surface area contributed by atoms with E-state index in [-0.39, 0.29) is 0 Å². The average Bonchev–Trinajstić information content (AvgIpc) is 2.54. The number of piperidine rings is 1. The first-order valence-corrected chi connectivity index (χ1v) is 8.21. The Bertz CT molecular complexity index is 581. The molecular formula is C20H25NO. The molecule has 1 N–H and O–H groups in total. The topological polar surface area (TPSA) is 21.3 Å². The average molecular weight is 295 g/mol. The van der Waals surface area contributed by atoms with Crippen molar-refractivity contribution in [3.63, 3.8) is 0 Å². The second-order valence-corrected chi connectivity index (χ2v) is 6.37. The van der Waals surface area contributed by atoms with Crippen LogP contribution in [0.25, 0.3) is 0 Å². The zero-order valence-electron chi connectivity index (χ0n) is 13.3. The lowest BCUT2D eigenvalue weighted by Gasteiger charge is -2.30. The fraction of sp³-hybridized carbons (Fsp3) is 0.400. The summed E-state index contributed by atoms with van der Waals surface area (Å²) in [5, 5.41) is 3.53. The number of aryl methyl sites for hydroxylation is 1. The van der Waals surface area contributed by atoms with E-state index in [4.69, 9.17) is 4.74 Å². The van der Waals surface area contributed by atoms with Crippen molar-refractivity contribution in [1.29, 1.82) is 0 Å². The highest BCUT2D eigenvalue weighted by molar-refractivity contribution is 5.21. The van der Waals surface area contributed by atoms with Gasteiger partial charge in [-0.05, 0) is 43.4 Å². The molecule has 3 rings (SSSR count). The van der Waals surface area contributed by atoms with Gasteiger partial charge in [0.15, 0.2) is 0 Å². The van der Waals surface area contributed by atoms with Gasteiger partial charge in [0.05, 0.1) is 12.7 Å². The minimum absolute atomic E-state index is 0.322.